The number of benzene rings is 1. The molecule has 0 fully saturated rings. The number of ether oxygens (including phenoxy) is 1. The van der Waals surface area contributed by atoms with E-state index < -0.39 is 11.7 Å². The van der Waals surface area contributed by atoms with Crippen LogP contribution in [0, 0.1) is 0 Å². The van der Waals surface area contributed by atoms with Crippen molar-refractivity contribution in [2.45, 2.75) is 18.6 Å². The van der Waals surface area contributed by atoms with Gasteiger partial charge in [0.25, 0.3) is 0 Å². The second-order valence-corrected chi connectivity index (χ2v) is 4.65. The van der Waals surface area contributed by atoms with Crippen molar-refractivity contribution in [2.24, 2.45) is 5.73 Å². The van der Waals surface area contributed by atoms with E-state index in [2.05, 4.69) is 9.97 Å². The Bertz CT molecular complexity index is 578. The van der Waals surface area contributed by atoms with Gasteiger partial charge in [0.15, 0.2) is 0 Å². The molecule has 0 aliphatic rings. The normalized spacial score (nSPS) is 13.4. The molecule has 0 saturated carbocycles. The van der Waals surface area contributed by atoms with E-state index in [0.29, 0.717) is 30.1 Å². The number of H-pyrrole nitrogens is 1. The fraction of sp³-hybridized carbons (Fsp3) is 0.357. The minimum absolute atomic E-state index is 0.298. The first-order chi connectivity index (χ1) is 9.91. The first-order valence-corrected chi connectivity index (χ1v) is 6.39. The Labute approximate surface area is 120 Å². The van der Waals surface area contributed by atoms with Crippen LogP contribution >= 0.6 is 0 Å². The molecule has 1 aromatic heterocycles. The van der Waals surface area contributed by atoms with Gasteiger partial charge in [-0.25, -0.2) is 4.98 Å². The Morgan fingerprint density at radius 2 is 1.95 bits per heavy atom. The molecule has 2 aromatic rings. The Morgan fingerprint density at radius 1 is 1.29 bits per heavy atom. The average Bonchev–Trinajstić information content (AvgIpc) is 2.94. The maximum absolute atomic E-state index is 12.5. The zero-order valence-corrected chi connectivity index (χ0v) is 11.4. The van der Waals surface area contributed by atoms with Crippen LogP contribution in [-0.2, 0) is 10.9 Å². The van der Waals surface area contributed by atoms with E-state index in [9.17, 15) is 13.2 Å². The zero-order chi connectivity index (χ0) is 15.5. The van der Waals surface area contributed by atoms with Crippen LogP contribution in [0.1, 0.15) is 23.9 Å². The van der Waals surface area contributed by atoms with Crippen LogP contribution in [-0.4, -0.2) is 23.7 Å². The van der Waals surface area contributed by atoms with Crippen LogP contribution in [0.25, 0.3) is 11.3 Å². The molecule has 1 atom stereocenters. The lowest BCUT2D eigenvalue weighted by atomic mass is 10.1. The summed E-state index contributed by atoms with van der Waals surface area (Å²) < 4.78 is 42.4. The minimum atomic E-state index is -4.33. The topological polar surface area (TPSA) is 63.9 Å². The van der Waals surface area contributed by atoms with Crippen LogP contribution in [0.4, 0.5) is 13.2 Å². The van der Waals surface area contributed by atoms with Gasteiger partial charge in [0.1, 0.15) is 5.82 Å². The van der Waals surface area contributed by atoms with Crippen molar-refractivity contribution in [3.8, 4) is 11.3 Å². The van der Waals surface area contributed by atoms with Gasteiger partial charge in [-0.2, -0.15) is 13.2 Å². The number of alkyl halides is 3. The summed E-state index contributed by atoms with van der Waals surface area (Å²) in [6.07, 6.45) is -2.17. The predicted molar refractivity (Wildman–Crippen MR) is 72.4 cm³/mol. The van der Waals surface area contributed by atoms with Gasteiger partial charge in [-0.15, -0.1) is 0 Å². The Hall–Kier alpha value is -1.86. The summed E-state index contributed by atoms with van der Waals surface area (Å²) in [6, 6.07) is 4.59. The van der Waals surface area contributed by atoms with Crippen molar-refractivity contribution < 1.29 is 17.9 Å². The molecule has 2 rings (SSSR count). The smallest absolute Gasteiger partial charge is 0.385 e. The summed E-state index contributed by atoms with van der Waals surface area (Å²) in [5.74, 6) is 0.585. The Morgan fingerprint density at radius 3 is 2.52 bits per heavy atom. The van der Waals surface area contributed by atoms with E-state index >= 15 is 0 Å². The van der Waals surface area contributed by atoms with Crippen molar-refractivity contribution in [2.75, 3.05) is 13.7 Å². The molecule has 0 radical (unpaired) electrons. The van der Waals surface area contributed by atoms with Gasteiger partial charge in [-0.3, -0.25) is 0 Å². The van der Waals surface area contributed by atoms with Crippen molar-refractivity contribution in [1.29, 1.82) is 0 Å². The van der Waals surface area contributed by atoms with Crippen LogP contribution < -0.4 is 5.73 Å². The van der Waals surface area contributed by atoms with Gasteiger partial charge in [-0.05, 0) is 24.1 Å². The molecular formula is C14H16F3N3O. The number of nitrogens with one attached hydrogen (secondary N) is 1. The maximum atomic E-state index is 12.5. The predicted octanol–water partition coefficient (Wildman–Crippen LogP) is 3.13. The van der Waals surface area contributed by atoms with E-state index in [1.54, 1.807) is 13.3 Å². The first-order valence-electron chi connectivity index (χ1n) is 6.39. The highest BCUT2D eigenvalue weighted by Gasteiger charge is 2.30. The molecule has 1 unspecified atom stereocenters. The van der Waals surface area contributed by atoms with Crippen LogP contribution in [0.2, 0.25) is 0 Å². The molecule has 21 heavy (non-hydrogen) atoms. The molecule has 0 bridgehead atoms. The molecule has 0 spiro atoms. The number of rotatable bonds is 5. The second kappa shape index (κ2) is 6.28. The number of aromatic amines is 1. The van der Waals surface area contributed by atoms with Crippen molar-refractivity contribution >= 4 is 0 Å². The summed E-state index contributed by atoms with van der Waals surface area (Å²) in [4.78, 5) is 7.18. The van der Waals surface area contributed by atoms with Crippen LogP contribution in [0.3, 0.4) is 0 Å². The Balaban J connectivity index is 2.14. The number of hydrogen-bond acceptors (Lipinski definition) is 3. The average molecular weight is 299 g/mol. The highest BCUT2D eigenvalue weighted by molar-refractivity contribution is 5.59. The monoisotopic (exact) mass is 299 g/mol. The van der Waals surface area contributed by atoms with Crippen molar-refractivity contribution in [3.63, 3.8) is 0 Å². The third kappa shape index (κ3) is 3.83. The first kappa shape index (κ1) is 15.5. The molecule has 0 saturated heterocycles. The zero-order valence-electron chi connectivity index (χ0n) is 11.4. The number of aromatic nitrogens is 2. The molecule has 0 amide bonds. The van der Waals surface area contributed by atoms with Crippen molar-refractivity contribution in [1.82, 2.24) is 9.97 Å². The molecule has 3 N–H and O–H groups in total. The highest BCUT2D eigenvalue weighted by Crippen LogP contribution is 2.30. The number of methoxy groups -OCH3 is 1. The summed E-state index contributed by atoms with van der Waals surface area (Å²) in [6.45, 7) is 0.511. The number of halogens is 3. The van der Waals surface area contributed by atoms with E-state index in [1.807, 2.05) is 0 Å². The summed E-state index contributed by atoms with van der Waals surface area (Å²) >= 11 is 0. The fourth-order valence-electron chi connectivity index (χ4n) is 1.89. The number of nitrogens with two attached hydrogens (primary N) is 1. The molecule has 0 aliphatic heterocycles. The van der Waals surface area contributed by atoms with Gasteiger partial charge in [0, 0.05) is 13.7 Å². The minimum Gasteiger partial charge on any atom is -0.385 e. The summed E-state index contributed by atoms with van der Waals surface area (Å²) in [5.41, 5.74) is 6.51. The molecular weight excluding hydrogens is 283 g/mol. The van der Waals surface area contributed by atoms with Crippen LogP contribution in [0.15, 0.2) is 30.5 Å². The summed E-state index contributed by atoms with van der Waals surface area (Å²) in [5, 5.41) is 0. The lowest BCUT2D eigenvalue weighted by molar-refractivity contribution is -0.137. The van der Waals surface area contributed by atoms with Gasteiger partial charge in [-0.1, -0.05) is 12.1 Å². The largest absolute Gasteiger partial charge is 0.416 e. The molecule has 1 aromatic carbocycles. The maximum Gasteiger partial charge on any atom is 0.416 e. The highest BCUT2D eigenvalue weighted by atomic mass is 19.4. The molecule has 1 heterocycles. The lowest BCUT2D eigenvalue weighted by Gasteiger charge is -2.08. The van der Waals surface area contributed by atoms with Gasteiger partial charge in [0.05, 0.1) is 23.5 Å². The molecule has 7 heteroatoms. The van der Waals surface area contributed by atoms with Gasteiger partial charge < -0.3 is 15.5 Å². The van der Waals surface area contributed by atoms with Crippen LogP contribution in [0.5, 0.6) is 0 Å². The van der Waals surface area contributed by atoms with E-state index in [1.165, 1.54) is 12.1 Å². The number of hydrogen-bond donors (Lipinski definition) is 2. The molecule has 4 nitrogen and oxygen atoms in total. The van der Waals surface area contributed by atoms with E-state index in [0.717, 1.165) is 12.1 Å². The summed E-state index contributed by atoms with van der Waals surface area (Å²) in [7, 11) is 1.59. The number of nitrogens with zero attached hydrogens (tertiary/aromatic N) is 1. The molecule has 0 aliphatic carbocycles. The number of imidazole rings is 1. The standard InChI is InChI=1S/C14H16F3N3O/c1-21-7-6-11(18)13-19-8-12(20-13)9-2-4-10(5-3-9)14(15,16)17/h2-5,8,11H,6-7,18H2,1H3,(H,19,20). The fourth-order valence-corrected chi connectivity index (χ4v) is 1.89. The van der Waals surface area contributed by atoms with Crippen molar-refractivity contribution in [3.05, 3.63) is 41.9 Å². The van der Waals surface area contributed by atoms with E-state index in [4.69, 9.17) is 10.5 Å². The van der Waals surface area contributed by atoms with Gasteiger partial charge in [0.2, 0.25) is 0 Å². The van der Waals surface area contributed by atoms with E-state index in [-0.39, 0.29) is 6.04 Å². The quantitative estimate of drug-likeness (QED) is 0.891. The third-order valence-corrected chi connectivity index (χ3v) is 3.10. The third-order valence-electron chi connectivity index (χ3n) is 3.10. The lowest BCUT2D eigenvalue weighted by Crippen LogP contribution is -2.14. The Kier molecular flexibility index (Phi) is 4.64. The molecule has 114 valence electrons. The second-order valence-electron chi connectivity index (χ2n) is 4.65. The SMILES string of the molecule is COCCC(N)c1ncc(-c2ccc(C(F)(F)F)cc2)[nH]1. The van der Waals surface area contributed by atoms with Gasteiger partial charge >= 0.3 is 6.18 Å².